The summed E-state index contributed by atoms with van der Waals surface area (Å²) < 4.78 is 0. The van der Waals surface area contributed by atoms with Gasteiger partial charge in [-0.15, -0.1) is 0 Å². The normalized spacial score (nSPS) is 27.3. The third-order valence-corrected chi connectivity index (χ3v) is 4.23. The highest BCUT2D eigenvalue weighted by Gasteiger charge is 2.53. The first-order valence-corrected chi connectivity index (χ1v) is 6.27. The minimum absolute atomic E-state index is 0.0194. The second-order valence-corrected chi connectivity index (χ2v) is 5.57. The van der Waals surface area contributed by atoms with Crippen molar-refractivity contribution in [2.75, 3.05) is 14.1 Å². The van der Waals surface area contributed by atoms with Gasteiger partial charge in [-0.1, -0.05) is 19.3 Å². The zero-order valence-electron chi connectivity index (χ0n) is 10.00. The largest absolute Gasteiger partial charge is 0.305 e. The molecule has 0 aliphatic heterocycles. The maximum absolute atomic E-state index is 9.33. The summed E-state index contributed by atoms with van der Waals surface area (Å²) in [4.78, 5) is 2.31. The van der Waals surface area contributed by atoms with Crippen LogP contribution in [0.3, 0.4) is 0 Å². The molecule has 2 saturated carbocycles. The molecule has 2 nitrogen and oxygen atoms in total. The fourth-order valence-corrected chi connectivity index (χ4v) is 3.43. The molecule has 0 aromatic carbocycles. The van der Waals surface area contributed by atoms with Crippen molar-refractivity contribution >= 4 is 0 Å². The maximum Gasteiger partial charge on any atom is 0.0732 e. The summed E-state index contributed by atoms with van der Waals surface area (Å²) in [5, 5.41) is 9.33. The third kappa shape index (κ3) is 2.03. The van der Waals surface area contributed by atoms with Gasteiger partial charge in [-0.2, -0.15) is 5.26 Å². The third-order valence-electron chi connectivity index (χ3n) is 4.23. The summed E-state index contributed by atoms with van der Waals surface area (Å²) in [5.74, 6) is 0.774. The highest BCUT2D eigenvalue weighted by Crippen LogP contribution is 2.53. The standard InChI is InChI=1S/C13H22N2/c1-15(2)12(13(10-14)8-9-13)11-6-4-3-5-7-11/h11-12H,3-9H2,1-2H3. The molecule has 0 aromatic rings. The number of hydrogen-bond donors (Lipinski definition) is 0. The zero-order chi connectivity index (χ0) is 10.9. The average Bonchev–Trinajstić information content (AvgIpc) is 3.00. The van der Waals surface area contributed by atoms with E-state index in [2.05, 4.69) is 25.1 Å². The molecule has 0 radical (unpaired) electrons. The highest BCUT2D eigenvalue weighted by atomic mass is 15.1. The fourth-order valence-electron chi connectivity index (χ4n) is 3.43. The van der Waals surface area contributed by atoms with E-state index in [0.29, 0.717) is 6.04 Å². The Hall–Kier alpha value is -0.550. The Kier molecular flexibility index (Phi) is 3.02. The van der Waals surface area contributed by atoms with E-state index < -0.39 is 0 Å². The molecule has 2 fully saturated rings. The molecule has 84 valence electrons. The SMILES string of the molecule is CN(C)C(C1CCCCC1)C1(C#N)CC1. The summed E-state index contributed by atoms with van der Waals surface area (Å²) >= 11 is 0. The Morgan fingerprint density at radius 2 is 1.80 bits per heavy atom. The van der Waals surface area contributed by atoms with E-state index in [4.69, 9.17) is 0 Å². The quantitative estimate of drug-likeness (QED) is 0.710. The lowest BCUT2D eigenvalue weighted by Gasteiger charge is -2.37. The first-order chi connectivity index (χ1) is 7.19. The number of rotatable bonds is 3. The molecule has 0 bridgehead atoms. The van der Waals surface area contributed by atoms with Crippen LogP contribution in [0.5, 0.6) is 0 Å². The molecule has 2 aliphatic rings. The van der Waals surface area contributed by atoms with E-state index in [1.807, 2.05) is 0 Å². The van der Waals surface area contributed by atoms with Gasteiger partial charge in [-0.25, -0.2) is 0 Å². The van der Waals surface area contributed by atoms with Gasteiger partial charge in [0.2, 0.25) is 0 Å². The van der Waals surface area contributed by atoms with Crippen LogP contribution in [0, 0.1) is 22.7 Å². The van der Waals surface area contributed by atoms with Crippen molar-refractivity contribution in [2.45, 2.75) is 51.0 Å². The predicted molar refractivity (Wildman–Crippen MR) is 61.3 cm³/mol. The van der Waals surface area contributed by atoms with E-state index in [0.717, 1.165) is 18.8 Å². The van der Waals surface area contributed by atoms with Crippen molar-refractivity contribution in [1.29, 1.82) is 5.26 Å². The first-order valence-electron chi connectivity index (χ1n) is 6.27. The topological polar surface area (TPSA) is 27.0 Å². The van der Waals surface area contributed by atoms with Crippen molar-refractivity contribution in [1.82, 2.24) is 4.90 Å². The zero-order valence-corrected chi connectivity index (χ0v) is 10.00. The van der Waals surface area contributed by atoms with Crippen LogP contribution in [-0.4, -0.2) is 25.0 Å². The lowest BCUT2D eigenvalue weighted by Crippen LogP contribution is -2.43. The van der Waals surface area contributed by atoms with E-state index in [1.165, 1.54) is 32.1 Å². The van der Waals surface area contributed by atoms with Crippen LogP contribution in [-0.2, 0) is 0 Å². The van der Waals surface area contributed by atoms with E-state index >= 15 is 0 Å². The van der Waals surface area contributed by atoms with Crippen molar-refractivity contribution < 1.29 is 0 Å². The van der Waals surface area contributed by atoms with Crippen LogP contribution in [0.2, 0.25) is 0 Å². The lowest BCUT2D eigenvalue weighted by molar-refractivity contribution is 0.124. The summed E-state index contributed by atoms with van der Waals surface area (Å²) in [5.41, 5.74) is 0.0194. The van der Waals surface area contributed by atoms with Gasteiger partial charge in [-0.3, -0.25) is 0 Å². The van der Waals surface area contributed by atoms with E-state index in [1.54, 1.807) is 0 Å². The van der Waals surface area contributed by atoms with Gasteiger partial charge in [0.05, 0.1) is 11.5 Å². The van der Waals surface area contributed by atoms with Crippen LogP contribution in [0.15, 0.2) is 0 Å². The number of nitrogens with zero attached hydrogens (tertiary/aromatic N) is 2. The van der Waals surface area contributed by atoms with Crippen molar-refractivity contribution in [3.05, 3.63) is 0 Å². The average molecular weight is 206 g/mol. The Morgan fingerprint density at radius 3 is 2.20 bits per heavy atom. The molecule has 2 aliphatic carbocycles. The molecule has 2 rings (SSSR count). The second kappa shape index (κ2) is 4.14. The molecule has 0 N–H and O–H groups in total. The molecule has 0 heterocycles. The van der Waals surface area contributed by atoms with Crippen LogP contribution in [0.25, 0.3) is 0 Å². The van der Waals surface area contributed by atoms with Crippen LogP contribution in [0.1, 0.15) is 44.9 Å². The molecule has 2 heteroatoms. The smallest absolute Gasteiger partial charge is 0.0732 e. The summed E-state index contributed by atoms with van der Waals surface area (Å²) in [6.07, 6.45) is 9.08. The van der Waals surface area contributed by atoms with Crippen molar-refractivity contribution in [3.63, 3.8) is 0 Å². The summed E-state index contributed by atoms with van der Waals surface area (Å²) in [7, 11) is 4.30. The van der Waals surface area contributed by atoms with Gasteiger partial charge in [0.1, 0.15) is 0 Å². The predicted octanol–water partition coefficient (Wildman–Crippen LogP) is 2.80. The Balaban J connectivity index is 2.09. The molecular formula is C13H22N2. The van der Waals surface area contributed by atoms with Crippen molar-refractivity contribution in [3.8, 4) is 6.07 Å². The number of nitriles is 1. The molecule has 0 aromatic heterocycles. The Morgan fingerprint density at radius 1 is 1.20 bits per heavy atom. The van der Waals surface area contributed by atoms with Crippen molar-refractivity contribution in [2.24, 2.45) is 11.3 Å². The van der Waals surface area contributed by atoms with E-state index in [9.17, 15) is 5.26 Å². The summed E-state index contributed by atoms with van der Waals surface area (Å²) in [6.45, 7) is 0. The highest BCUT2D eigenvalue weighted by molar-refractivity contribution is 5.17. The minimum Gasteiger partial charge on any atom is -0.305 e. The molecule has 15 heavy (non-hydrogen) atoms. The Bertz CT molecular complexity index is 254. The lowest BCUT2D eigenvalue weighted by atomic mass is 9.77. The Labute approximate surface area is 93.3 Å². The molecule has 0 spiro atoms. The number of hydrogen-bond acceptors (Lipinski definition) is 2. The van der Waals surface area contributed by atoms with Crippen LogP contribution >= 0.6 is 0 Å². The molecule has 0 amide bonds. The molecular weight excluding hydrogens is 184 g/mol. The minimum atomic E-state index is 0.0194. The second-order valence-electron chi connectivity index (χ2n) is 5.57. The monoisotopic (exact) mass is 206 g/mol. The van der Waals surface area contributed by atoms with Gasteiger partial charge < -0.3 is 4.90 Å². The maximum atomic E-state index is 9.33. The van der Waals surface area contributed by atoms with Gasteiger partial charge >= 0.3 is 0 Å². The van der Waals surface area contributed by atoms with Gasteiger partial charge in [0.15, 0.2) is 0 Å². The van der Waals surface area contributed by atoms with Crippen LogP contribution in [0.4, 0.5) is 0 Å². The van der Waals surface area contributed by atoms with E-state index in [-0.39, 0.29) is 5.41 Å². The fraction of sp³-hybridized carbons (Fsp3) is 0.923. The van der Waals surface area contributed by atoms with Gasteiger partial charge in [0.25, 0.3) is 0 Å². The van der Waals surface area contributed by atoms with Gasteiger partial charge in [-0.05, 0) is 45.7 Å². The molecule has 0 saturated heterocycles. The molecule has 1 atom stereocenters. The summed E-state index contributed by atoms with van der Waals surface area (Å²) in [6, 6.07) is 3.11. The van der Waals surface area contributed by atoms with Gasteiger partial charge in [0, 0.05) is 6.04 Å². The first kappa shape index (κ1) is 11.0. The molecule has 1 unspecified atom stereocenters. The van der Waals surface area contributed by atoms with Crippen LogP contribution < -0.4 is 0 Å².